The monoisotopic (exact) mass is 290 g/mol. The third kappa shape index (κ3) is 2.04. The molecule has 0 fully saturated rings. The van der Waals surface area contributed by atoms with Crippen molar-refractivity contribution in [3.05, 3.63) is 41.6 Å². The van der Waals surface area contributed by atoms with Crippen LogP contribution in [0.5, 0.6) is 0 Å². The van der Waals surface area contributed by atoms with Crippen molar-refractivity contribution in [1.29, 1.82) is 0 Å². The average molecular weight is 291 g/mol. The molecule has 6 heteroatoms. The van der Waals surface area contributed by atoms with Gasteiger partial charge in [-0.2, -0.15) is 5.10 Å². The van der Waals surface area contributed by atoms with Crippen LogP contribution in [0.1, 0.15) is 19.9 Å². The van der Waals surface area contributed by atoms with Crippen LogP contribution in [0.4, 0.5) is 4.39 Å². The summed E-state index contributed by atoms with van der Waals surface area (Å²) in [6.45, 7) is 3.99. The summed E-state index contributed by atoms with van der Waals surface area (Å²) in [5, 5.41) is 5.06. The summed E-state index contributed by atoms with van der Waals surface area (Å²) in [5.41, 5.74) is 1.74. The van der Waals surface area contributed by atoms with E-state index in [0.717, 1.165) is 5.52 Å². The Labute approximate surface area is 120 Å². The van der Waals surface area contributed by atoms with Crippen molar-refractivity contribution in [1.82, 2.24) is 19.7 Å². The molecule has 0 atom stereocenters. The molecule has 2 aromatic heterocycles. The van der Waals surface area contributed by atoms with E-state index in [2.05, 4.69) is 15.1 Å². The van der Waals surface area contributed by atoms with Gasteiger partial charge in [0.25, 0.3) is 0 Å². The standard InChI is InChI=1S/C14H12ClFN4/c1-8(2)20-11-5-3-4-9(16)12(11)13(19-20)10-6-7-17-14(15)18-10/h3-8H,1-2H3. The molecule has 0 aliphatic carbocycles. The molecule has 0 saturated heterocycles. The van der Waals surface area contributed by atoms with E-state index >= 15 is 0 Å². The predicted molar refractivity (Wildman–Crippen MR) is 76.1 cm³/mol. The van der Waals surface area contributed by atoms with Gasteiger partial charge >= 0.3 is 0 Å². The minimum absolute atomic E-state index is 0.116. The van der Waals surface area contributed by atoms with Gasteiger partial charge < -0.3 is 0 Å². The third-order valence-electron chi connectivity index (χ3n) is 3.04. The third-order valence-corrected chi connectivity index (χ3v) is 3.22. The van der Waals surface area contributed by atoms with E-state index in [1.54, 1.807) is 16.8 Å². The van der Waals surface area contributed by atoms with Crippen molar-refractivity contribution in [2.45, 2.75) is 19.9 Å². The van der Waals surface area contributed by atoms with Crippen LogP contribution >= 0.6 is 11.6 Å². The molecule has 1 aromatic carbocycles. The molecule has 2 heterocycles. The summed E-state index contributed by atoms with van der Waals surface area (Å²) in [6.07, 6.45) is 1.53. The Balaban J connectivity index is 2.36. The largest absolute Gasteiger partial charge is 0.262 e. The van der Waals surface area contributed by atoms with Crippen LogP contribution in [0.25, 0.3) is 22.3 Å². The Bertz CT molecular complexity index is 782. The van der Waals surface area contributed by atoms with Crippen LogP contribution in [-0.2, 0) is 0 Å². The molecule has 0 unspecified atom stereocenters. The fourth-order valence-electron chi connectivity index (χ4n) is 2.19. The van der Waals surface area contributed by atoms with Gasteiger partial charge in [-0.25, -0.2) is 14.4 Å². The molecule has 3 aromatic rings. The smallest absolute Gasteiger partial charge is 0.222 e. The Kier molecular flexibility index (Phi) is 3.14. The minimum Gasteiger partial charge on any atom is -0.262 e. The molecule has 0 spiro atoms. The number of benzene rings is 1. The van der Waals surface area contributed by atoms with E-state index in [0.29, 0.717) is 16.8 Å². The maximum atomic E-state index is 14.2. The van der Waals surface area contributed by atoms with Crippen molar-refractivity contribution in [2.24, 2.45) is 0 Å². The highest BCUT2D eigenvalue weighted by molar-refractivity contribution is 6.28. The fraction of sp³-hybridized carbons (Fsp3) is 0.214. The molecule has 0 aliphatic heterocycles. The highest BCUT2D eigenvalue weighted by Gasteiger charge is 2.18. The lowest BCUT2D eigenvalue weighted by Gasteiger charge is -2.06. The molecule has 102 valence electrons. The van der Waals surface area contributed by atoms with Crippen molar-refractivity contribution < 1.29 is 4.39 Å². The topological polar surface area (TPSA) is 43.6 Å². The van der Waals surface area contributed by atoms with Gasteiger partial charge in [-0.1, -0.05) is 6.07 Å². The van der Waals surface area contributed by atoms with Gasteiger partial charge in [-0.3, -0.25) is 4.68 Å². The summed E-state index contributed by atoms with van der Waals surface area (Å²) in [6, 6.07) is 6.73. The van der Waals surface area contributed by atoms with E-state index in [9.17, 15) is 4.39 Å². The van der Waals surface area contributed by atoms with Gasteiger partial charge in [0.1, 0.15) is 11.5 Å². The van der Waals surface area contributed by atoms with Gasteiger partial charge in [-0.15, -0.1) is 0 Å². The Hall–Kier alpha value is -2.01. The molecule has 0 aliphatic rings. The zero-order valence-corrected chi connectivity index (χ0v) is 11.8. The van der Waals surface area contributed by atoms with Crippen LogP contribution in [0.3, 0.4) is 0 Å². The summed E-state index contributed by atoms with van der Waals surface area (Å²) in [7, 11) is 0. The van der Waals surface area contributed by atoms with Crippen molar-refractivity contribution in [2.75, 3.05) is 0 Å². The van der Waals surface area contributed by atoms with Gasteiger partial charge in [0.05, 0.1) is 16.6 Å². The summed E-state index contributed by atoms with van der Waals surface area (Å²) in [5.74, 6) is -0.320. The second kappa shape index (κ2) is 4.83. The molecule has 0 amide bonds. The SMILES string of the molecule is CC(C)n1nc(-c2ccnc(Cl)n2)c2c(F)cccc21. The average Bonchev–Trinajstić information content (AvgIpc) is 2.80. The fourth-order valence-corrected chi connectivity index (χ4v) is 2.34. The lowest BCUT2D eigenvalue weighted by molar-refractivity contribution is 0.552. The summed E-state index contributed by atoms with van der Waals surface area (Å²) < 4.78 is 16.0. The number of aromatic nitrogens is 4. The molecular weight excluding hydrogens is 279 g/mol. The number of hydrogen-bond donors (Lipinski definition) is 0. The van der Waals surface area contributed by atoms with Gasteiger partial charge in [0.15, 0.2) is 0 Å². The van der Waals surface area contributed by atoms with E-state index < -0.39 is 0 Å². The first-order valence-corrected chi connectivity index (χ1v) is 6.61. The van der Waals surface area contributed by atoms with E-state index in [1.165, 1.54) is 12.3 Å². The molecule has 0 saturated carbocycles. The first kappa shape index (κ1) is 13.0. The van der Waals surface area contributed by atoms with Crippen LogP contribution in [0, 0.1) is 5.82 Å². The van der Waals surface area contributed by atoms with Crippen LogP contribution in [-0.4, -0.2) is 19.7 Å². The lowest BCUT2D eigenvalue weighted by atomic mass is 10.1. The molecule has 20 heavy (non-hydrogen) atoms. The molecule has 0 bridgehead atoms. The predicted octanol–water partition coefficient (Wildman–Crippen LogP) is 3.87. The van der Waals surface area contributed by atoms with Gasteiger partial charge in [0, 0.05) is 12.2 Å². The van der Waals surface area contributed by atoms with E-state index in [1.807, 2.05) is 19.9 Å². The van der Waals surface area contributed by atoms with Crippen LogP contribution < -0.4 is 0 Å². The number of rotatable bonds is 2. The second-order valence-corrected chi connectivity index (χ2v) is 5.07. The highest BCUT2D eigenvalue weighted by atomic mass is 35.5. The van der Waals surface area contributed by atoms with Gasteiger partial charge in [0.2, 0.25) is 5.28 Å². The quantitative estimate of drug-likeness (QED) is 0.673. The Morgan fingerprint density at radius 1 is 1.25 bits per heavy atom. The maximum absolute atomic E-state index is 14.2. The summed E-state index contributed by atoms with van der Waals surface area (Å²) >= 11 is 5.80. The van der Waals surface area contributed by atoms with E-state index in [-0.39, 0.29) is 17.1 Å². The molecule has 4 nitrogen and oxygen atoms in total. The number of hydrogen-bond acceptors (Lipinski definition) is 3. The number of halogens is 2. The maximum Gasteiger partial charge on any atom is 0.222 e. The van der Waals surface area contributed by atoms with E-state index in [4.69, 9.17) is 11.6 Å². The van der Waals surface area contributed by atoms with Gasteiger partial charge in [-0.05, 0) is 43.6 Å². The second-order valence-electron chi connectivity index (χ2n) is 4.73. The van der Waals surface area contributed by atoms with Crippen molar-refractivity contribution >= 4 is 22.5 Å². The zero-order valence-electron chi connectivity index (χ0n) is 11.0. The van der Waals surface area contributed by atoms with Crippen LogP contribution in [0.2, 0.25) is 5.28 Å². The first-order chi connectivity index (χ1) is 9.58. The number of nitrogens with zero attached hydrogens (tertiary/aromatic N) is 4. The number of fused-ring (bicyclic) bond motifs is 1. The first-order valence-electron chi connectivity index (χ1n) is 6.23. The molecule has 0 radical (unpaired) electrons. The molecule has 3 rings (SSSR count). The summed E-state index contributed by atoms with van der Waals surface area (Å²) in [4.78, 5) is 7.95. The Morgan fingerprint density at radius 3 is 2.75 bits per heavy atom. The minimum atomic E-state index is -0.320. The van der Waals surface area contributed by atoms with Crippen molar-refractivity contribution in [3.63, 3.8) is 0 Å². The zero-order chi connectivity index (χ0) is 14.3. The van der Waals surface area contributed by atoms with Crippen molar-refractivity contribution in [3.8, 4) is 11.4 Å². The van der Waals surface area contributed by atoms with Crippen LogP contribution in [0.15, 0.2) is 30.5 Å². The normalized spacial score (nSPS) is 11.4. The Morgan fingerprint density at radius 2 is 2.05 bits per heavy atom. The molecular formula is C14H12ClFN4. The highest BCUT2D eigenvalue weighted by Crippen LogP contribution is 2.30. The lowest BCUT2D eigenvalue weighted by Crippen LogP contribution is -2.02. The molecule has 0 N–H and O–H groups in total.